The number of ether oxygens (including phenoxy) is 2. The van der Waals surface area contributed by atoms with Gasteiger partial charge in [-0.05, 0) is 77.5 Å². The molecular weight excluding hydrogens is 533 g/mol. The van der Waals surface area contributed by atoms with Gasteiger partial charge in [0, 0.05) is 35.7 Å². The van der Waals surface area contributed by atoms with Crippen molar-refractivity contribution in [3.05, 3.63) is 53.3 Å². The monoisotopic (exact) mass is 577 g/mol. The van der Waals surface area contributed by atoms with Gasteiger partial charge in [0.05, 0.1) is 31.0 Å². The third kappa shape index (κ3) is 6.32. The van der Waals surface area contributed by atoms with E-state index in [2.05, 4.69) is 27.4 Å². The molecule has 3 aromatic rings. The fraction of sp³-hybridized carbons (Fsp3) is 0.606. The van der Waals surface area contributed by atoms with Crippen LogP contribution in [0.4, 0.5) is 10.2 Å². The molecular formula is C33H44FN5O3. The number of carbonyl (C=O) groups excluding carboxylic acids is 1. The molecule has 3 aliphatic heterocycles. The van der Waals surface area contributed by atoms with Crippen molar-refractivity contribution in [3.63, 3.8) is 0 Å². The Labute approximate surface area is 248 Å². The number of hydrogen-bond acceptors (Lipinski definition) is 7. The van der Waals surface area contributed by atoms with Crippen molar-refractivity contribution in [2.24, 2.45) is 5.92 Å². The van der Waals surface area contributed by atoms with E-state index in [0.717, 1.165) is 73.0 Å². The second-order valence-electron chi connectivity index (χ2n) is 13.1. The van der Waals surface area contributed by atoms with Crippen LogP contribution in [0.15, 0.2) is 36.5 Å². The van der Waals surface area contributed by atoms with Crippen LogP contribution in [-0.2, 0) is 27.1 Å². The Morgan fingerprint density at radius 3 is 2.86 bits per heavy atom. The number of anilines is 1. The summed E-state index contributed by atoms with van der Waals surface area (Å²) in [7, 11) is 0. The molecule has 226 valence electrons. The maximum atomic E-state index is 15.6. The minimum atomic E-state index is -0.902. The molecule has 2 fully saturated rings. The quantitative estimate of drug-likeness (QED) is 0.240. The highest BCUT2D eigenvalue weighted by Crippen LogP contribution is 2.37. The summed E-state index contributed by atoms with van der Waals surface area (Å²) in [5, 5.41) is 9.03. The number of unbranched alkanes of at least 4 members (excludes halogenated alkanes) is 1. The first-order valence-electron chi connectivity index (χ1n) is 15.6. The maximum absolute atomic E-state index is 15.6. The second kappa shape index (κ2) is 12.3. The van der Waals surface area contributed by atoms with Crippen LogP contribution in [0, 0.1) is 5.92 Å². The molecule has 42 heavy (non-hydrogen) atoms. The molecule has 0 spiro atoms. The lowest BCUT2D eigenvalue weighted by atomic mass is 9.97. The zero-order valence-electron chi connectivity index (χ0n) is 25.2. The second-order valence-corrected chi connectivity index (χ2v) is 13.1. The predicted octanol–water partition coefficient (Wildman–Crippen LogP) is 5.82. The van der Waals surface area contributed by atoms with E-state index < -0.39 is 17.8 Å². The molecule has 9 heteroatoms. The molecule has 0 saturated carbocycles. The number of nitrogens with one attached hydrogen (secondary N) is 1. The lowest BCUT2D eigenvalue weighted by molar-refractivity contribution is -0.161. The first kappa shape index (κ1) is 29.1. The summed E-state index contributed by atoms with van der Waals surface area (Å²) < 4.78 is 29.0. The summed E-state index contributed by atoms with van der Waals surface area (Å²) in [6.45, 7) is 9.04. The molecule has 6 rings (SSSR count). The smallest absolute Gasteiger partial charge is 0.328 e. The normalized spacial score (nSPS) is 21.0. The van der Waals surface area contributed by atoms with E-state index >= 15 is 4.39 Å². The summed E-state index contributed by atoms with van der Waals surface area (Å²) in [5.74, 6) is 0.619. The minimum Gasteiger partial charge on any atom is -0.459 e. The number of fused-ring (bicyclic) bond motifs is 2. The van der Waals surface area contributed by atoms with Crippen LogP contribution in [0.2, 0.25) is 0 Å². The molecule has 2 unspecified atom stereocenters. The number of benzene rings is 1. The molecule has 0 aliphatic carbocycles. The van der Waals surface area contributed by atoms with Gasteiger partial charge < -0.3 is 14.8 Å². The van der Waals surface area contributed by atoms with Crippen molar-refractivity contribution >= 4 is 22.7 Å². The summed E-state index contributed by atoms with van der Waals surface area (Å²) in [6.07, 6.45) is 7.04. The van der Waals surface area contributed by atoms with Crippen LogP contribution in [0.5, 0.6) is 0 Å². The Bertz CT molecular complexity index is 1400. The first-order valence-corrected chi connectivity index (χ1v) is 15.6. The Morgan fingerprint density at radius 2 is 2.07 bits per heavy atom. The number of likely N-dealkylation sites (tertiary alicyclic amines) is 1. The van der Waals surface area contributed by atoms with Crippen LogP contribution < -0.4 is 5.32 Å². The van der Waals surface area contributed by atoms with Crippen molar-refractivity contribution in [2.45, 2.75) is 89.6 Å². The number of carbonyl (C=O) groups is 1. The first-order chi connectivity index (χ1) is 20.3. The fourth-order valence-electron chi connectivity index (χ4n) is 6.56. The van der Waals surface area contributed by atoms with Crippen molar-refractivity contribution < 1.29 is 18.7 Å². The highest BCUT2D eigenvalue weighted by atomic mass is 19.1. The van der Waals surface area contributed by atoms with Gasteiger partial charge in [0.15, 0.2) is 0 Å². The standard InChI is InChI=1S/C33H44FN5O3/c1-33(2,3)42-32(40)30(27-11-6-8-23-18-36-39(29(23)27)26-20-41-21-26)38-17-15-24(19-38)28(34)12-5-4-10-25-14-13-22-9-7-16-35-31(22)37-25/h6,8,11,13-14,18,24,26,28,30H,4-5,7,9-10,12,15-17,19-21H2,1-3H3,(H,35,37)/t24-,28?,30?/m1/s1. The van der Waals surface area contributed by atoms with E-state index in [1.54, 1.807) is 0 Å². The molecule has 1 N–H and O–H groups in total. The van der Waals surface area contributed by atoms with Crippen molar-refractivity contribution in [1.29, 1.82) is 0 Å². The van der Waals surface area contributed by atoms with Crippen LogP contribution in [-0.4, -0.2) is 70.3 Å². The lowest BCUT2D eigenvalue weighted by Gasteiger charge is -2.32. The van der Waals surface area contributed by atoms with E-state index in [1.165, 1.54) is 5.56 Å². The largest absolute Gasteiger partial charge is 0.459 e. The van der Waals surface area contributed by atoms with E-state index in [0.29, 0.717) is 32.7 Å². The molecule has 8 nitrogen and oxygen atoms in total. The number of para-hydroxylation sites is 1. The topological polar surface area (TPSA) is 81.5 Å². The van der Waals surface area contributed by atoms with Gasteiger partial charge in [-0.25, -0.2) is 14.2 Å². The third-order valence-corrected chi connectivity index (χ3v) is 8.79. The van der Waals surface area contributed by atoms with E-state index in [-0.39, 0.29) is 17.9 Å². The highest BCUT2D eigenvalue weighted by molar-refractivity contribution is 5.89. The molecule has 0 radical (unpaired) electrons. The average molecular weight is 578 g/mol. The van der Waals surface area contributed by atoms with Gasteiger partial charge in [-0.15, -0.1) is 0 Å². The number of halogens is 1. The fourth-order valence-corrected chi connectivity index (χ4v) is 6.56. The minimum absolute atomic E-state index is 0.106. The number of esters is 1. The molecule has 0 bridgehead atoms. The highest BCUT2D eigenvalue weighted by Gasteiger charge is 2.40. The Morgan fingerprint density at radius 1 is 1.21 bits per heavy atom. The van der Waals surface area contributed by atoms with Crippen LogP contribution in [0.1, 0.15) is 81.8 Å². The van der Waals surface area contributed by atoms with Gasteiger partial charge in [0.1, 0.15) is 23.6 Å². The number of rotatable bonds is 10. The zero-order chi connectivity index (χ0) is 29.3. The number of nitrogens with zero attached hydrogens (tertiary/aromatic N) is 4. The molecule has 3 aliphatic rings. The van der Waals surface area contributed by atoms with Gasteiger partial charge in [-0.3, -0.25) is 9.58 Å². The SMILES string of the molecule is CC(C)(C)OC(=O)C(c1cccc2cnn(C3COC3)c12)N1CC[C@@H](C(F)CCCCc2ccc3c(n2)NCCC3)C1. The van der Waals surface area contributed by atoms with Gasteiger partial charge in [-0.2, -0.15) is 5.10 Å². The number of pyridine rings is 1. The number of aromatic nitrogens is 3. The summed E-state index contributed by atoms with van der Waals surface area (Å²) in [5.41, 5.74) is 3.55. The summed E-state index contributed by atoms with van der Waals surface area (Å²) in [6, 6.07) is 9.83. The molecule has 1 aromatic carbocycles. The number of aryl methyl sites for hydroxylation is 2. The maximum Gasteiger partial charge on any atom is 0.328 e. The van der Waals surface area contributed by atoms with E-state index in [1.807, 2.05) is 49.8 Å². The lowest BCUT2D eigenvalue weighted by Crippen LogP contribution is -2.38. The molecule has 2 aromatic heterocycles. The zero-order valence-corrected chi connectivity index (χ0v) is 25.2. The molecule has 3 atom stereocenters. The van der Waals surface area contributed by atoms with Crippen LogP contribution in [0.25, 0.3) is 10.9 Å². The molecule has 5 heterocycles. The van der Waals surface area contributed by atoms with Crippen molar-refractivity contribution in [1.82, 2.24) is 19.7 Å². The van der Waals surface area contributed by atoms with Crippen molar-refractivity contribution in [3.8, 4) is 0 Å². The van der Waals surface area contributed by atoms with E-state index in [4.69, 9.17) is 14.5 Å². The number of hydrogen-bond donors (Lipinski definition) is 1. The van der Waals surface area contributed by atoms with Crippen LogP contribution in [0.3, 0.4) is 0 Å². The number of alkyl halides is 1. The summed E-state index contributed by atoms with van der Waals surface area (Å²) in [4.78, 5) is 20.7. The molecule has 2 saturated heterocycles. The van der Waals surface area contributed by atoms with Crippen LogP contribution >= 0.6 is 0 Å². The third-order valence-electron chi connectivity index (χ3n) is 8.79. The summed E-state index contributed by atoms with van der Waals surface area (Å²) >= 11 is 0. The van der Waals surface area contributed by atoms with Gasteiger partial charge in [-0.1, -0.05) is 30.7 Å². The Hall–Kier alpha value is -3.04. The Kier molecular flexibility index (Phi) is 8.50. The van der Waals surface area contributed by atoms with Gasteiger partial charge >= 0.3 is 5.97 Å². The van der Waals surface area contributed by atoms with Crippen molar-refractivity contribution in [2.75, 3.05) is 38.2 Å². The van der Waals surface area contributed by atoms with Gasteiger partial charge in [0.25, 0.3) is 0 Å². The van der Waals surface area contributed by atoms with Gasteiger partial charge in [0.2, 0.25) is 0 Å². The Balaban J connectivity index is 1.12. The predicted molar refractivity (Wildman–Crippen MR) is 161 cm³/mol. The average Bonchev–Trinajstić information content (AvgIpc) is 3.58. The van der Waals surface area contributed by atoms with E-state index in [9.17, 15) is 4.79 Å². The molecule has 0 amide bonds.